The van der Waals surface area contributed by atoms with Gasteiger partial charge >= 0.3 is 5.97 Å². The predicted octanol–water partition coefficient (Wildman–Crippen LogP) is 2.67. The van der Waals surface area contributed by atoms with Crippen molar-refractivity contribution >= 4 is 11.9 Å². The molecule has 2 rings (SSSR count). The van der Waals surface area contributed by atoms with E-state index >= 15 is 0 Å². The Hall–Kier alpha value is -2.89. The molecule has 1 amide bonds. The van der Waals surface area contributed by atoms with E-state index in [1.54, 1.807) is 6.07 Å². The van der Waals surface area contributed by atoms with E-state index in [9.17, 15) is 14.0 Å². The molecule has 0 spiro atoms. The van der Waals surface area contributed by atoms with Gasteiger partial charge in [0.25, 0.3) is 5.91 Å². The van der Waals surface area contributed by atoms with Gasteiger partial charge < -0.3 is 14.8 Å². The van der Waals surface area contributed by atoms with Gasteiger partial charge in [-0.1, -0.05) is 49.4 Å². The maximum atomic E-state index is 13.3. The highest BCUT2D eigenvalue weighted by Gasteiger charge is 2.11. The van der Waals surface area contributed by atoms with Crippen LogP contribution in [0.2, 0.25) is 0 Å². The van der Waals surface area contributed by atoms with E-state index in [2.05, 4.69) is 5.32 Å². The highest BCUT2D eigenvalue weighted by atomic mass is 19.1. The van der Waals surface area contributed by atoms with Crippen molar-refractivity contribution in [3.05, 3.63) is 66.0 Å². The molecule has 1 N–H and O–H groups in total. The number of nitrogens with one attached hydrogen (secondary N) is 1. The zero-order valence-electron chi connectivity index (χ0n) is 13.9. The highest BCUT2D eigenvalue weighted by Crippen LogP contribution is 2.15. The minimum Gasteiger partial charge on any atom is -0.479 e. The molecule has 1 atom stereocenters. The summed E-state index contributed by atoms with van der Waals surface area (Å²) in [6, 6.07) is 15.5. The SMILES string of the molecule is C[C@H](CNC(=O)COC(=O)COc1ccccc1F)c1ccccc1. The summed E-state index contributed by atoms with van der Waals surface area (Å²) in [6.07, 6.45) is 0. The van der Waals surface area contributed by atoms with Crippen LogP contribution in [0, 0.1) is 5.82 Å². The smallest absolute Gasteiger partial charge is 0.344 e. The maximum absolute atomic E-state index is 13.3. The van der Waals surface area contributed by atoms with E-state index < -0.39 is 30.9 Å². The fourth-order valence-electron chi connectivity index (χ4n) is 2.10. The van der Waals surface area contributed by atoms with Gasteiger partial charge in [0.15, 0.2) is 24.8 Å². The largest absolute Gasteiger partial charge is 0.479 e. The van der Waals surface area contributed by atoms with Crippen molar-refractivity contribution in [3.8, 4) is 5.75 Å². The van der Waals surface area contributed by atoms with Gasteiger partial charge in [0.05, 0.1) is 0 Å². The van der Waals surface area contributed by atoms with E-state index in [4.69, 9.17) is 9.47 Å². The lowest BCUT2D eigenvalue weighted by Crippen LogP contribution is -2.32. The number of carbonyl (C=O) groups is 2. The number of amides is 1. The number of hydrogen-bond acceptors (Lipinski definition) is 4. The first kappa shape index (κ1) is 18.4. The molecular weight excluding hydrogens is 325 g/mol. The first-order chi connectivity index (χ1) is 12.1. The van der Waals surface area contributed by atoms with Gasteiger partial charge in [0.1, 0.15) is 0 Å². The lowest BCUT2D eigenvalue weighted by atomic mass is 10.0. The molecule has 0 aliphatic rings. The topological polar surface area (TPSA) is 64.6 Å². The summed E-state index contributed by atoms with van der Waals surface area (Å²) in [4.78, 5) is 23.3. The van der Waals surface area contributed by atoms with Crippen LogP contribution in [0.25, 0.3) is 0 Å². The average Bonchev–Trinajstić information content (AvgIpc) is 2.64. The second-order valence-corrected chi connectivity index (χ2v) is 5.50. The van der Waals surface area contributed by atoms with Gasteiger partial charge in [-0.2, -0.15) is 0 Å². The number of benzene rings is 2. The van der Waals surface area contributed by atoms with Crippen LogP contribution in [-0.2, 0) is 14.3 Å². The molecule has 0 aliphatic carbocycles. The Morgan fingerprint density at radius 2 is 1.72 bits per heavy atom. The molecular formula is C19H20FNO4. The lowest BCUT2D eigenvalue weighted by molar-refractivity contribution is -0.150. The third-order valence-corrected chi connectivity index (χ3v) is 3.52. The Kier molecular flexibility index (Phi) is 6.95. The number of rotatable bonds is 8. The molecule has 2 aromatic rings. The van der Waals surface area contributed by atoms with Crippen LogP contribution in [0.3, 0.4) is 0 Å². The van der Waals surface area contributed by atoms with Gasteiger partial charge in [-0.3, -0.25) is 4.79 Å². The summed E-state index contributed by atoms with van der Waals surface area (Å²) in [5.41, 5.74) is 1.11. The molecule has 25 heavy (non-hydrogen) atoms. The van der Waals surface area contributed by atoms with Gasteiger partial charge in [-0.25, -0.2) is 9.18 Å². The number of hydrogen-bond donors (Lipinski definition) is 1. The molecule has 0 fully saturated rings. The van der Waals surface area contributed by atoms with Crippen molar-refractivity contribution in [2.45, 2.75) is 12.8 Å². The molecule has 0 unspecified atom stereocenters. The first-order valence-electron chi connectivity index (χ1n) is 7.91. The van der Waals surface area contributed by atoms with E-state index in [1.165, 1.54) is 18.2 Å². The number of para-hydroxylation sites is 1. The van der Waals surface area contributed by atoms with E-state index in [-0.39, 0.29) is 11.7 Å². The third-order valence-electron chi connectivity index (χ3n) is 3.52. The standard InChI is InChI=1S/C19H20FNO4/c1-14(15-7-3-2-4-8-15)11-21-18(22)12-25-19(23)13-24-17-10-6-5-9-16(17)20/h2-10,14H,11-13H2,1H3,(H,21,22)/t14-/m1/s1. The molecule has 132 valence electrons. The lowest BCUT2D eigenvalue weighted by Gasteiger charge is -2.13. The second-order valence-electron chi connectivity index (χ2n) is 5.50. The maximum Gasteiger partial charge on any atom is 0.344 e. The number of ether oxygens (including phenoxy) is 2. The van der Waals surface area contributed by atoms with E-state index in [0.29, 0.717) is 6.54 Å². The molecule has 2 aromatic carbocycles. The van der Waals surface area contributed by atoms with Crippen LogP contribution < -0.4 is 10.1 Å². The molecule has 0 bridgehead atoms. The minimum atomic E-state index is -0.741. The van der Waals surface area contributed by atoms with Crippen molar-refractivity contribution in [1.29, 1.82) is 0 Å². The van der Waals surface area contributed by atoms with E-state index in [1.807, 2.05) is 37.3 Å². The Bertz CT molecular complexity index is 706. The fourth-order valence-corrected chi connectivity index (χ4v) is 2.10. The fraction of sp³-hybridized carbons (Fsp3) is 0.263. The summed E-state index contributed by atoms with van der Waals surface area (Å²) >= 11 is 0. The number of carbonyl (C=O) groups excluding carboxylic acids is 2. The molecule has 0 heterocycles. The van der Waals surface area contributed by atoms with Crippen molar-refractivity contribution in [2.75, 3.05) is 19.8 Å². The normalized spacial score (nSPS) is 11.4. The molecule has 0 aliphatic heterocycles. The van der Waals surface area contributed by atoms with Crippen molar-refractivity contribution in [1.82, 2.24) is 5.32 Å². The van der Waals surface area contributed by atoms with Crippen LogP contribution in [0.15, 0.2) is 54.6 Å². The Morgan fingerprint density at radius 3 is 2.44 bits per heavy atom. The second kappa shape index (κ2) is 9.42. The summed E-state index contributed by atoms with van der Waals surface area (Å²) in [7, 11) is 0. The average molecular weight is 345 g/mol. The molecule has 0 radical (unpaired) electrons. The number of esters is 1. The van der Waals surface area contributed by atoms with Crippen LogP contribution in [-0.4, -0.2) is 31.6 Å². The predicted molar refractivity (Wildman–Crippen MR) is 90.7 cm³/mol. The minimum absolute atomic E-state index is 0.0411. The van der Waals surface area contributed by atoms with Gasteiger partial charge in [0.2, 0.25) is 0 Å². The first-order valence-corrected chi connectivity index (χ1v) is 7.91. The van der Waals surface area contributed by atoms with Crippen molar-refractivity contribution in [2.24, 2.45) is 0 Å². The third kappa shape index (κ3) is 6.25. The quantitative estimate of drug-likeness (QED) is 0.747. The van der Waals surface area contributed by atoms with Crippen LogP contribution >= 0.6 is 0 Å². The van der Waals surface area contributed by atoms with Crippen LogP contribution in [0.5, 0.6) is 5.75 Å². The molecule has 6 heteroatoms. The monoisotopic (exact) mass is 345 g/mol. The van der Waals surface area contributed by atoms with Gasteiger partial charge in [-0.15, -0.1) is 0 Å². The Balaban J connectivity index is 1.66. The van der Waals surface area contributed by atoms with Crippen LogP contribution in [0.1, 0.15) is 18.4 Å². The Morgan fingerprint density at radius 1 is 1.04 bits per heavy atom. The molecule has 0 saturated carbocycles. The molecule has 0 aromatic heterocycles. The van der Waals surface area contributed by atoms with Crippen molar-refractivity contribution in [3.63, 3.8) is 0 Å². The summed E-state index contributed by atoms with van der Waals surface area (Å²) < 4.78 is 23.1. The van der Waals surface area contributed by atoms with Gasteiger partial charge in [0, 0.05) is 6.54 Å². The summed E-state index contributed by atoms with van der Waals surface area (Å²) in [5, 5.41) is 2.70. The van der Waals surface area contributed by atoms with E-state index in [0.717, 1.165) is 5.56 Å². The highest BCUT2D eigenvalue weighted by molar-refractivity contribution is 5.80. The summed E-state index contributed by atoms with van der Waals surface area (Å²) in [5.74, 6) is -1.61. The molecule has 0 saturated heterocycles. The Labute approximate surface area is 145 Å². The van der Waals surface area contributed by atoms with Gasteiger partial charge in [-0.05, 0) is 23.6 Å². The molecule has 5 nitrogen and oxygen atoms in total. The zero-order chi connectivity index (χ0) is 18.1. The number of halogens is 1. The van der Waals surface area contributed by atoms with Crippen LogP contribution in [0.4, 0.5) is 4.39 Å². The summed E-state index contributed by atoms with van der Waals surface area (Å²) in [6.45, 7) is 1.56. The zero-order valence-corrected chi connectivity index (χ0v) is 13.9. The van der Waals surface area contributed by atoms with Crippen molar-refractivity contribution < 1.29 is 23.5 Å².